The Morgan fingerprint density at radius 1 is 1.00 bits per heavy atom. The quantitative estimate of drug-likeness (QED) is 0.620. The number of ether oxygens (including phenoxy) is 1. The zero-order chi connectivity index (χ0) is 16.2. The van der Waals surface area contributed by atoms with Crippen molar-refractivity contribution in [2.24, 2.45) is 0 Å². The molecule has 2 nitrogen and oxygen atoms in total. The van der Waals surface area contributed by atoms with Gasteiger partial charge in [0.15, 0.2) is 0 Å². The lowest BCUT2D eigenvalue weighted by atomic mass is 10.1. The van der Waals surface area contributed by atoms with Gasteiger partial charge in [0.25, 0.3) is 0 Å². The maximum atomic E-state index is 12.4. The highest BCUT2D eigenvalue weighted by atomic mass is 19.4. The van der Waals surface area contributed by atoms with Gasteiger partial charge in [-0.05, 0) is 54.5 Å². The molecule has 2 aromatic rings. The van der Waals surface area contributed by atoms with E-state index in [9.17, 15) is 18.0 Å². The van der Waals surface area contributed by atoms with Gasteiger partial charge in [0.2, 0.25) is 5.78 Å². The molecule has 0 amide bonds. The van der Waals surface area contributed by atoms with E-state index in [0.717, 1.165) is 24.3 Å². The number of methoxy groups -OCH3 is 1. The molecule has 0 aliphatic carbocycles. The fourth-order valence-corrected chi connectivity index (χ4v) is 1.69. The van der Waals surface area contributed by atoms with E-state index in [1.165, 1.54) is 7.11 Å². The van der Waals surface area contributed by atoms with Crippen LogP contribution in [0.25, 0.3) is 0 Å². The number of alkyl halides is 3. The summed E-state index contributed by atoms with van der Waals surface area (Å²) in [4.78, 5) is 11.8. The van der Waals surface area contributed by atoms with Crippen molar-refractivity contribution in [3.63, 3.8) is 0 Å². The second-order valence-electron chi connectivity index (χ2n) is 4.38. The number of rotatable bonds is 2. The smallest absolute Gasteiger partial charge is 0.416 e. The first-order chi connectivity index (χ1) is 10.4. The lowest BCUT2D eigenvalue weighted by Gasteiger charge is -2.05. The van der Waals surface area contributed by atoms with Crippen molar-refractivity contribution in [1.82, 2.24) is 0 Å². The molecule has 0 spiro atoms. The maximum Gasteiger partial charge on any atom is 0.416 e. The molecule has 0 aliphatic rings. The van der Waals surface area contributed by atoms with E-state index in [1.54, 1.807) is 24.3 Å². The van der Waals surface area contributed by atoms with Crippen LogP contribution in [0.15, 0.2) is 48.5 Å². The van der Waals surface area contributed by atoms with Crippen molar-refractivity contribution in [3.05, 3.63) is 65.2 Å². The minimum atomic E-state index is -4.42. The average molecular weight is 304 g/mol. The number of carbonyl (C=O) groups excluding carboxylic acids is 1. The Bertz CT molecular complexity index is 718. The Hall–Kier alpha value is -2.74. The predicted molar refractivity (Wildman–Crippen MR) is 75.6 cm³/mol. The van der Waals surface area contributed by atoms with Gasteiger partial charge in [-0.25, -0.2) is 0 Å². The number of carbonyl (C=O) groups is 1. The topological polar surface area (TPSA) is 26.3 Å². The third kappa shape index (κ3) is 3.89. The molecular formula is C17H11F3O2. The molecule has 0 atom stereocenters. The summed E-state index contributed by atoms with van der Waals surface area (Å²) in [6.07, 6.45) is -4.42. The molecule has 5 heteroatoms. The molecule has 0 saturated heterocycles. The fraction of sp³-hybridized carbons (Fsp3) is 0.118. The Kier molecular flexibility index (Phi) is 4.52. The SMILES string of the molecule is COc1ccc(C#CC(=O)c2ccc(C(F)(F)F)cc2)cc1. The van der Waals surface area contributed by atoms with E-state index in [0.29, 0.717) is 11.3 Å². The van der Waals surface area contributed by atoms with Crippen LogP contribution < -0.4 is 4.74 Å². The first-order valence-corrected chi connectivity index (χ1v) is 6.28. The molecular weight excluding hydrogens is 293 g/mol. The van der Waals surface area contributed by atoms with E-state index in [2.05, 4.69) is 11.8 Å². The largest absolute Gasteiger partial charge is 0.497 e. The van der Waals surface area contributed by atoms with Crippen molar-refractivity contribution >= 4 is 5.78 Å². The van der Waals surface area contributed by atoms with Gasteiger partial charge in [0, 0.05) is 11.1 Å². The van der Waals surface area contributed by atoms with Crippen molar-refractivity contribution in [2.45, 2.75) is 6.18 Å². The standard InChI is InChI=1S/C17H11F3O2/c1-22-15-9-2-12(3-10-15)4-11-16(21)13-5-7-14(8-6-13)17(18,19)20/h2-3,5-10H,1H3. The Labute approximate surface area is 125 Å². The monoisotopic (exact) mass is 304 g/mol. The van der Waals surface area contributed by atoms with E-state index >= 15 is 0 Å². The molecule has 0 aliphatic heterocycles. The van der Waals surface area contributed by atoms with Gasteiger partial charge >= 0.3 is 6.18 Å². The molecule has 0 fully saturated rings. The number of ketones is 1. The summed E-state index contributed by atoms with van der Waals surface area (Å²) in [5, 5.41) is 0. The van der Waals surface area contributed by atoms with Crippen LogP contribution in [0.1, 0.15) is 21.5 Å². The normalized spacial score (nSPS) is 10.5. The molecule has 0 unspecified atom stereocenters. The summed E-state index contributed by atoms with van der Waals surface area (Å²) >= 11 is 0. The van der Waals surface area contributed by atoms with Gasteiger partial charge in [0.1, 0.15) is 5.75 Å². The number of hydrogen-bond donors (Lipinski definition) is 0. The second-order valence-corrected chi connectivity index (χ2v) is 4.38. The van der Waals surface area contributed by atoms with Crippen LogP contribution in [0.3, 0.4) is 0 Å². The highest BCUT2D eigenvalue weighted by Gasteiger charge is 2.30. The number of hydrogen-bond acceptors (Lipinski definition) is 2. The van der Waals surface area contributed by atoms with Gasteiger partial charge in [-0.15, -0.1) is 0 Å². The molecule has 0 radical (unpaired) electrons. The minimum Gasteiger partial charge on any atom is -0.497 e. The van der Waals surface area contributed by atoms with E-state index in [4.69, 9.17) is 4.74 Å². The van der Waals surface area contributed by atoms with Crippen molar-refractivity contribution in [1.29, 1.82) is 0 Å². The molecule has 0 N–H and O–H groups in total. The first-order valence-electron chi connectivity index (χ1n) is 6.28. The molecule has 0 bridgehead atoms. The zero-order valence-electron chi connectivity index (χ0n) is 11.6. The third-order valence-electron chi connectivity index (χ3n) is 2.88. The predicted octanol–water partition coefficient (Wildman–Crippen LogP) is 3.95. The second kappa shape index (κ2) is 6.35. The molecule has 2 rings (SSSR count). The van der Waals surface area contributed by atoms with E-state index in [1.807, 2.05) is 0 Å². The molecule has 0 aromatic heterocycles. The highest BCUT2D eigenvalue weighted by molar-refractivity contribution is 6.09. The number of Topliss-reactive ketones (excluding diaryl/α,β-unsaturated/α-hetero) is 1. The summed E-state index contributed by atoms with van der Waals surface area (Å²) < 4.78 is 42.3. The Balaban J connectivity index is 2.14. The lowest BCUT2D eigenvalue weighted by molar-refractivity contribution is -0.137. The maximum absolute atomic E-state index is 12.4. The van der Waals surface area contributed by atoms with Crippen molar-refractivity contribution in [3.8, 4) is 17.6 Å². The molecule has 2 aromatic carbocycles. The zero-order valence-corrected chi connectivity index (χ0v) is 11.6. The van der Waals surface area contributed by atoms with Crippen LogP contribution in [-0.2, 0) is 6.18 Å². The number of benzene rings is 2. The van der Waals surface area contributed by atoms with Crippen LogP contribution in [0.4, 0.5) is 13.2 Å². The average Bonchev–Trinajstić information content (AvgIpc) is 2.52. The third-order valence-corrected chi connectivity index (χ3v) is 2.88. The van der Waals surface area contributed by atoms with Gasteiger partial charge < -0.3 is 4.74 Å². The molecule has 112 valence electrons. The van der Waals surface area contributed by atoms with Gasteiger partial charge in [-0.2, -0.15) is 13.2 Å². The summed E-state index contributed by atoms with van der Waals surface area (Å²) in [6.45, 7) is 0. The molecule has 22 heavy (non-hydrogen) atoms. The fourth-order valence-electron chi connectivity index (χ4n) is 1.69. The van der Waals surface area contributed by atoms with E-state index < -0.39 is 17.5 Å². The molecule has 0 heterocycles. The Morgan fingerprint density at radius 2 is 1.59 bits per heavy atom. The van der Waals surface area contributed by atoms with Gasteiger partial charge in [0.05, 0.1) is 12.7 Å². The minimum absolute atomic E-state index is 0.119. The van der Waals surface area contributed by atoms with Crippen LogP contribution in [0, 0.1) is 11.8 Å². The van der Waals surface area contributed by atoms with Crippen molar-refractivity contribution < 1.29 is 22.7 Å². The van der Waals surface area contributed by atoms with Crippen molar-refractivity contribution in [2.75, 3.05) is 7.11 Å². The summed E-state index contributed by atoms with van der Waals surface area (Å²) in [6, 6.07) is 10.7. The lowest BCUT2D eigenvalue weighted by Crippen LogP contribution is -2.05. The van der Waals surface area contributed by atoms with Crippen LogP contribution in [0.5, 0.6) is 5.75 Å². The van der Waals surface area contributed by atoms with Crippen LogP contribution >= 0.6 is 0 Å². The summed E-state index contributed by atoms with van der Waals surface area (Å²) in [5.41, 5.74) is -0.0674. The Morgan fingerprint density at radius 3 is 2.09 bits per heavy atom. The molecule has 0 saturated carbocycles. The first kappa shape index (κ1) is 15.6. The summed E-state index contributed by atoms with van der Waals surface area (Å²) in [7, 11) is 1.54. The van der Waals surface area contributed by atoms with Crippen LogP contribution in [-0.4, -0.2) is 12.9 Å². The number of halogens is 3. The van der Waals surface area contributed by atoms with Gasteiger partial charge in [-0.1, -0.05) is 5.92 Å². The van der Waals surface area contributed by atoms with Crippen LogP contribution in [0.2, 0.25) is 0 Å². The highest BCUT2D eigenvalue weighted by Crippen LogP contribution is 2.29. The van der Waals surface area contributed by atoms with E-state index in [-0.39, 0.29) is 5.56 Å². The van der Waals surface area contributed by atoms with Gasteiger partial charge in [-0.3, -0.25) is 4.79 Å². The summed E-state index contributed by atoms with van der Waals surface area (Å²) in [5.74, 6) is 5.19.